The maximum atomic E-state index is 12.0. The van der Waals surface area contributed by atoms with Gasteiger partial charge in [-0.05, 0) is 51.3 Å². The molecule has 1 aromatic carbocycles. The van der Waals surface area contributed by atoms with E-state index in [2.05, 4.69) is 26.8 Å². The third kappa shape index (κ3) is 3.68. The fourth-order valence-corrected chi connectivity index (χ4v) is 2.98. The summed E-state index contributed by atoms with van der Waals surface area (Å²) in [6, 6.07) is 7.44. The van der Waals surface area contributed by atoms with E-state index < -0.39 is 5.91 Å². The smallest absolute Gasteiger partial charge is 0.286 e. The minimum Gasteiger partial charge on any atom is -0.493 e. The predicted octanol–water partition coefficient (Wildman–Crippen LogP) is 2.20. The van der Waals surface area contributed by atoms with Gasteiger partial charge in [0.25, 0.3) is 11.8 Å². The van der Waals surface area contributed by atoms with Crippen molar-refractivity contribution in [2.75, 3.05) is 6.61 Å². The van der Waals surface area contributed by atoms with E-state index in [0.29, 0.717) is 12.3 Å². The van der Waals surface area contributed by atoms with Crippen LogP contribution in [0.3, 0.4) is 0 Å². The van der Waals surface area contributed by atoms with Crippen LogP contribution < -0.4 is 15.6 Å². The van der Waals surface area contributed by atoms with Gasteiger partial charge in [-0.25, -0.2) is 0 Å². The van der Waals surface area contributed by atoms with E-state index in [4.69, 9.17) is 4.74 Å². The Kier molecular flexibility index (Phi) is 4.71. The van der Waals surface area contributed by atoms with E-state index in [0.717, 1.165) is 27.8 Å². The number of benzene rings is 1. The van der Waals surface area contributed by atoms with E-state index in [1.165, 1.54) is 6.08 Å². The summed E-state index contributed by atoms with van der Waals surface area (Å²) in [6.07, 6.45) is 5.71. The van der Waals surface area contributed by atoms with Crippen molar-refractivity contribution >= 4 is 33.8 Å². The summed E-state index contributed by atoms with van der Waals surface area (Å²) in [4.78, 5) is 23.8. The topological polar surface area (TPSA) is 72.4 Å². The summed E-state index contributed by atoms with van der Waals surface area (Å²) in [7, 11) is 1.75. The van der Waals surface area contributed by atoms with Gasteiger partial charge in [-0.3, -0.25) is 20.4 Å². The zero-order valence-corrected chi connectivity index (χ0v) is 14.6. The third-order valence-electron chi connectivity index (χ3n) is 3.64. The van der Waals surface area contributed by atoms with Gasteiger partial charge in [-0.2, -0.15) is 0 Å². The second-order valence-corrected chi connectivity index (χ2v) is 6.31. The monoisotopic (exact) mass is 389 g/mol. The van der Waals surface area contributed by atoms with Crippen LogP contribution in [0.2, 0.25) is 0 Å². The number of carbonyl (C=O) groups is 2. The SMILES string of the molecule is Cn1cc(Br)cc1C(=O)NNC(=O)/C=C/c1ccc2c(c1)CCO2. The maximum absolute atomic E-state index is 12.0. The largest absolute Gasteiger partial charge is 0.493 e. The van der Waals surface area contributed by atoms with E-state index in [-0.39, 0.29) is 5.91 Å². The van der Waals surface area contributed by atoms with Gasteiger partial charge in [-0.15, -0.1) is 0 Å². The van der Waals surface area contributed by atoms with Crippen molar-refractivity contribution in [2.45, 2.75) is 6.42 Å². The van der Waals surface area contributed by atoms with E-state index in [1.54, 1.807) is 30.0 Å². The summed E-state index contributed by atoms with van der Waals surface area (Å²) in [5, 5.41) is 0. The number of aromatic nitrogens is 1. The number of hydrogen-bond acceptors (Lipinski definition) is 3. The number of ether oxygens (including phenoxy) is 1. The first-order valence-corrected chi connectivity index (χ1v) is 8.18. The first kappa shape index (κ1) is 16.3. The minimum atomic E-state index is -0.409. The Morgan fingerprint density at radius 2 is 2.12 bits per heavy atom. The molecule has 7 heteroatoms. The molecular formula is C17H16BrN3O3. The molecule has 0 spiro atoms. The van der Waals surface area contributed by atoms with Crippen LogP contribution in [0.25, 0.3) is 6.08 Å². The van der Waals surface area contributed by atoms with Crippen LogP contribution in [-0.4, -0.2) is 23.0 Å². The lowest BCUT2D eigenvalue weighted by molar-refractivity contribution is -0.117. The van der Waals surface area contributed by atoms with Crippen molar-refractivity contribution in [1.82, 2.24) is 15.4 Å². The van der Waals surface area contributed by atoms with Crippen molar-refractivity contribution in [2.24, 2.45) is 7.05 Å². The average molecular weight is 390 g/mol. The molecule has 0 fully saturated rings. The lowest BCUT2D eigenvalue weighted by Gasteiger charge is -2.06. The van der Waals surface area contributed by atoms with Gasteiger partial charge in [0.2, 0.25) is 0 Å². The number of hydrogen-bond donors (Lipinski definition) is 2. The Labute approximate surface area is 147 Å². The zero-order valence-electron chi connectivity index (χ0n) is 13.0. The summed E-state index contributed by atoms with van der Waals surface area (Å²) in [5.41, 5.74) is 7.22. The Bertz CT molecular complexity index is 826. The molecule has 124 valence electrons. The Balaban J connectivity index is 1.55. The molecule has 0 saturated carbocycles. The standard InChI is InChI=1S/C17H16BrN3O3/c1-21-10-13(18)9-14(21)17(23)20-19-16(22)5-3-11-2-4-15-12(8-11)6-7-24-15/h2-5,8-10H,6-7H2,1H3,(H,19,22)(H,20,23)/b5-3+. The third-order valence-corrected chi connectivity index (χ3v) is 4.08. The molecule has 0 aliphatic carbocycles. The quantitative estimate of drug-likeness (QED) is 0.624. The van der Waals surface area contributed by atoms with Crippen LogP contribution in [-0.2, 0) is 18.3 Å². The molecular weight excluding hydrogens is 374 g/mol. The number of aryl methyl sites for hydroxylation is 1. The molecule has 6 nitrogen and oxygen atoms in total. The molecule has 0 saturated heterocycles. The molecule has 0 atom stereocenters. The average Bonchev–Trinajstić information content (AvgIpc) is 3.15. The minimum absolute atomic E-state index is 0.389. The number of fused-ring (bicyclic) bond motifs is 1. The molecule has 3 rings (SSSR count). The van der Waals surface area contributed by atoms with Crippen LogP contribution >= 0.6 is 15.9 Å². The first-order chi connectivity index (χ1) is 11.5. The lowest BCUT2D eigenvalue weighted by atomic mass is 10.1. The maximum Gasteiger partial charge on any atom is 0.286 e. The molecule has 2 heterocycles. The summed E-state index contributed by atoms with van der Waals surface area (Å²) in [5.74, 6) is 0.102. The Morgan fingerprint density at radius 1 is 1.29 bits per heavy atom. The molecule has 0 bridgehead atoms. The van der Waals surface area contributed by atoms with Crippen molar-refractivity contribution < 1.29 is 14.3 Å². The van der Waals surface area contributed by atoms with Crippen LogP contribution in [0.1, 0.15) is 21.6 Å². The van der Waals surface area contributed by atoms with Crippen LogP contribution in [0.15, 0.2) is 41.0 Å². The van der Waals surface area contributed by atoms with Crippen molar-refractivity contribution in [3.63, 3.8) is 0 Å². The molecule has 1 aliphatic heterocycles. The molecule has 1 aliphatic rings. The zero-order chi connectivity index (χ0) is 17.1. The highest BCUT2D eigenvalue weighted by atomic mass is 79.9. The molecule has 0 unspecified atom stereocenters. The number of nitrogens with zero attached hydrogens (tertiary/aromatic N) is 1. The molecule has 2 amide bonds. The highest BCUT2D eigenvalue weighted by Gasteiger charge is 2.12. The van der Waals surface area contributed by atoms with Crippen LogP contribution in [0, 0.1) is 0 Å². The van der Waals surface area contributed by atoms with Gasteiger partial charge in [0.05, 0.1) is 6.61 Å². The molecule has 1 aromatic heterocycles. The van der Waals surface area contributed by atoms with Gasteiger partial charge in [0, 0.05) is 30.2 Å². The van der Waals surface area contributed by atoms with Gasteiger partial charge in [-0.1, -0.05) is 6.07 Å². The fourth-order valence-electron chi connectivity index (χ4n) is 2.46. The Morgan fingerprint density at radius 3 is 2.88 bits per heavy atom. The number of carbonyl (C=O) groups excluding carboxylic acids is 2. The number of halogens is 1. The van der Waals surface area contributed by atoms with Crippen molar-refractivity contribution in [3.8, 4) is 5.75 Å². The predicted molar refractivity (Wildman–Crippen MR) is 93.4 cm³/mol. The van der Waals surface area contributed by atoms with Gasteiger partial charge in [0.15, 0.2) is 0 Å². The molecule has 2 aromatic rings. The lowest BCUT2D eigenvalue weighted by Crippen LogP contribution is -2.41. The fraction of sp³-hybridized carbons (Fsp3) is 0.176. The van der Waals surface area contributed by atoms with Crippen molar-refractivity contribution in [3.05, 3.63) is 57.8 Å². The highest BCUT2D eigenvalue weighted by Crippen LogP contribution is 2.26. The summed E-state index contributed by atoms with van der Waals surface area (Å²) < 4.78 is 7.90. The second kappa shape index (κ2) is 6.92. The van der Waals surface area contributed by atoms with Gasteiger partial charge in [0.1, 0.15) is 11.4 Å². The highest BCUT2D eigenvalue weighted by molar-refractivity contribution is 9.10. The van der Waals surface area contributed by atoms with Gasteiger partial charge < -0.3 is 9.30 Å². The summed E-state index contributed by atoms with van der Waals surface area (Å²) in [6.45, 7) is 0.699. The molecule has 24 heavy (non-hydrogen) atoms. The normalized spacial score (nSPS) is 12.8. The van der Waals surface area contributed by atoms with E-state index in [1.807, 2.05) is 18.2 Å². The molecule has 2 N–H and O–H groups in total. The number of hydrazine groups is 1. The number of nitrogens with one attached hydrogen (secondary N) is 2. The summed E-state index contributed by atoms with van der Waals surface area (Å²) >= 11 is 3.29. The first-order valence-electron chi connectivity index (χ1n) is 7.39. The number of amides is 2. The molecule has 0 radical (unpaired) electrons. The van der Waals surface area contributed by atoms with E-state index >= 15 is 0 Å². The Hall–Kier alpha value is -2.54. The van der Waals surface area contributed by atoms with Crippen LogP contribution in [0.4, 0.5) is 0 Å². The number of rotatable bonds is 3. The van der Waals surface area contributed by atoms with Crippen molar-refractivity contribution in [1.29, 1.82) is 0 Å². The van der Waals surface area contributed by atoms with Crippen LogP contribution in [0.5, 0.6) is 5.75 Å². The second-order valence-electron chi connectivity index (χ2n) is 5.40. The van der Waals surface area contributed by atoms with E-state index in [9.17, 15) is 9.59 Å². The van der Waals surface area contributed by atoms with Gasteiger partial charge >= 0.3 is 0 Å².